The average molecular weight is 424 g/mol. The Morgan fingerprint density at radius 3 is 2.61 bits per heavy atom. The Hall–Kier alpha value is -2.67. The van der Waals surface area contributed by atoms with Crippen LogP contribution >= 0.6 is 0 Å². The third-order valence-electron chi connectivity index (χ3n) is 6.40. The van der Waals surface area contributed by atoms with Gasteiger partial charge >= 0.3 is 0 Å². The number of benzene rings is 1. The lowest BCUT2D eigenvalue weighted by Gasteiger charge is -2.35. The van der Waals surface area contributed by atoms with E-state index >= 15 is 0 Å². The average Bonchev–Trinajstić information content (AvgIpc) is 2.80. The van der Waals surface area contributed by atoms with Crippen molar-refractivity contribution in [3.63, 3.8) is 0 Å². The highest BCUT2D eigenvalue weighted by Crippen LogP contribution is 2.23. The van der Waals surface area contributed by atoms with Gasteiger partial charge in [-0.15, -0.1) is 0 Å². The van der Waals surface area contributed by atoms with Crippen LogP contribution in [0, 0.1) is 12.8 Å². The number of carbonyl (C=O) groups is 1. The summed E-state index contributed by atoms with van der Waals surface area (Å²) < 4.78 is 5.19. The third-order valence-corrected chi connectivity index (χ3v) is 6.40. The second-order valence-electron chi connectivity index (χ2n) is 8.71. The number of rotatable bonds is 6. The summed E-state index contributed by atoms with van der Waals surface area (Å²) in [7, 11) is 1.61. The van der Waals surface area contributed by atoms with E-state index < -0.39 is 0 Å². The van der Waals surface area contributed by atoms with Crippen molar-refractivity contribution in [2.75, 3.05) is 38.2 Å². The van der Waals surface area contributed by atoms with Crippen molar-refractivity contribution in [3.8, 4) is 5.88 Å². The summed E-state index contributed by atoms with van der Waals surface area (Å²) in [5.74, 6) is 1.54. The molecule has 7 heteroatoms. The number of nitrogens with zero attached hydrogens (tertiary/aromatic N) is 4. The molecule has 0 unspecified atom stereocenters. The Kier molecular flexibility index (Phi) is 7.02. The summed E-state index contributed by atoms with van der Waals surface area (Å²) >= 11 is 0. The molecule has 0 aliphatic carbocycles. The molecule has 3 heterocycles. The van der Waals surface area contributed by atoms with Gasteiger partial charge < -0.3 is 15.0 Å². The van der Waals surface area contributed by atoms with E-state index in [4.69, 9.17) is 4.74 Å². The number of aryl methyl sites for hydroxylation is 1. The van der Waals surface area contributed by atoms with Gasteiger partial charge in [0.1, 0.15) is 0 Å². The van der Waals surface area contributed by atoms with E-state index in [1.807, 2.05) is 0 Å². The molecule has 7 nitrogen and oxygen atoms in total. The molecule has 2 aromatic rings. The summed E-state index contributed by atoms with van der Waals surface area (Å²) in [4.78, 5) is 26.2. The first kappa shape index (κ1) is 21.6. The van der Waals surface area contributed by atoms with Gasteiger partial charge in [-0.05, 0) is 38.2 Å². The highest BCUT2D eigenvalue weighted by atomic mass is 16.5. The minimum atomic E-state index is 0.0761. The lowest BCUT2D eigenvalue weighted by atomic mass is 9.94. The van der Waals surface area contributed by atoms with Crippen LogP contribution in [0.2, 0.25) is 0 Å². The van der Waals surface area contributed by atoms with Crippen LogP contribution in [0.4, 0.5) is 5.95 Å². The summed E-state index contributed by atoms with van der Waals surface area (Å²) in [6, 6.07) is 10.8. The maximum absolute atomic E-state index is 12.8. The van der Waals surface area contributed by atoms with Crippen LogP contribution < -0.4 is 15.0 Å². The summed E-state index contributed by atoms with van der Waals surface area (Å²) in [6.07, 6.45) is 5.42. The molecule has 31 heavy (non-hydrogen) atoms. The van der Waals surface area contributed by atoms with Crippen molar-refractivity contribution in [2.24, 2.45) is 5.92 Å². The first-order valence-corrected chi connectivity index (χ1v) is 11.3. The number of hydrogen-bond donors (Lipinski definition) is 1. The fourth-order valence-corrected chi connectivity index (χ4v) is 4.56. The van der Waals surface area contributed by atoms with E-state index in [-0.39, 0.29) is 11.8 Å². The zero-order chi connectivity index (χ0) is 21.6. The summed E-state index contributed by atoms with van der Waals surface area (Å²) in [5.41, 5.74) is 2.68. The van der Waals surface area contributed by atoms with Crippen molar-refractivity contribution in [1.29, 1.82) is 0 Å². The lowest BCUT2D eigenvalue weighted by Crippen LogP contribution is -2.48. The lowest BCUT2D eigenvalue weighted by molar-refractivity contribution is -0.126. The molecule has 1 aromatic carbocycles. The Morgan fingerprint density at radius 2 is 1.90 bits per heavy atom. The normalized spacial score (nSPS) is 18.7. The van der Waals surface area contributed by atoms with E-state index in [1.165, 1.54) is 11.1 Å². The minimum Gasteiger partial charge on any atom is -0.481 e. The minimum absolute atomic E-state index is 0.0761. The molecule has 0 spiro atoms. The molecular formula is C24H33N5O2. The number of likely N-dealkylation sites (tertiary alicyclic amines) is 1. The van der Waals surface area contributed by atoms with Crippen LogP contribution in [0.25, 0.3) is 0 Å². The van der Waals surface area contributed by atoms with Crippen molar-refractivity contribution in [3.05, 3.63) is 47.7 Å². The number of hydrogen-bond acceptors (Lipinski definition) is 6. The van der Waals surface area contributed by atoms with E-state index in [2.05, 4.69) is 56.3 Å². The number of anilines is 1. The van der Waals surface area contributed by atoms with Crippen molar-refractivity contribution in [1.82, 2.24) is 20.2 Å². The maximum atomic E-state index is 12.8. The van der Waals surface area contributed by atoms with Gasteiger partial charge in [-0.1, -0.05) is 29.8 Å². The predicted molar refractivity (Wildman–Crippen MR) is 121 cm³/mol. The molecule has 166 valence electrons. The number of piperidine rings is 2. The fourth-order valence-electron chi connectivity index (χ4n) is 4.56. The van der Waals surface area contributed by atoms with Crippen LogP contribution in [-0.2, 0) is 11.3 Å². The van der Waals surface area contributed by atoms with Gasteiger partial charge in [-0.3, -0.25) is 9.69 Å². The largest absolute Gasteiger partial charge is 0.481 e. The van der Waals surface area contributed by atoms with Gasteiger partial charge in [0.05, 0.1) is 7.11 Å². The number of ether oxygens (including phenoxy) is 1. The van der Waals surface area contributed by atoms with Gasteiger partial charge in [0.2, 0.25) is 17.7 Å². The molecule has 1 amide bonds. The first-order valence-electron chi connectivity index (χ1n) is 11.3. The highest BCUT2D eigenvalue weighted by molar-refractivity contribution is 5.79. The van der Waals surface area contributed by atoms with Gasteiger partial charge in [0, 0.05) is 56.9 Å². The Bertz CT molecular complexity index is 874. The zero-order valence-electron chi connectivity index (χ0n) is 18.6. The number of nitrogens with one attached hydrogen (secondary N) is 1. The van der Waals surface area contributed by atoms with Crippen molar-refractivity contribution in [2.45, 2.75) is 45.2 Å². The molecule has 1 N–H and O–H groups in total. The monoisotopic (exact) mass is 423 g/mol. The van der Waals surface area contributed by atoms with Crippen LogP contribution in [0.5, 0.6) is 5.88 Å². The molecule has 0 bridgehead atoms. The molecule has 4 rings (SSSR count). The molecule has 0 atom stereocenters. The molecule has 2 saturated heterocycles. The molecule has 2 fully saturated rings. The van der Waals surface area contributed by atoms with E-state index in [9.17, 15) is 4.79 Å². The fraction of sp³-hybridized carbons (Fsp3) is 0.542. The van der Waals surface area contributed by atoms with Crippen LogP contribution in [-0.4, -0.2) is 60.1 Å². The molecule has 0 radical (unpaired) electrons. The number of carbonyl (C=O) groups excluding carboxylic acids is 1. The SMILES string of the molecule is COc1ccnc(N2CCC(C(=O)NC3CCN(Cc4cccc(C)c4)CC3)CC2)n1. The van der Waals surface area contributed by atoms with Gasteiger partial charge in [0.25, 0.3) is 0 Å². The number of aromatic nitrogens is 2. The molecule has 2 aliphatic rings. The highest BCUT2D eigenvalue weighted by Gasteiger charge is 2.29. The van der Waals surface area contributed by atoms with Gasteiger partial charge in [0.15, 0.2) is 0 Å². The standard InChI is InChI=1S/C24H33N5O2/c1-18-4-3-5-19(16-18)17-28-12-9-21(10-13-28)26-23(30)20-7-14-29(15-8-20)24-25-11-6-22(27-24)31-2/h3-6,11,16,20-21H,7-10,12-15,17H2,1-2H3,(H,26,30). The quantitative estimate of drug-likeness (QED) is 0.771. The second kappa shape index (κ2) is 10.1. The molecular weight excluding hydrogens is 390 g/mol. The number of amides is 1. The van der Waals surface area contributed by atoms with Gasteiger partial charge in [-0.2, -0.15) is 4.98 Å². The Morgan fingerprint density at radius 1 is 1.13 bits per heavy atom. The zero-order valence-corrected chi connectivity index (χ0v) is 18.6. The van der Waals surface area contributed by atoms with Crippen molar-refractivity contribution < 1.29 is 9.53 Å². The Balaban J connectivity index is 1.20. The summed E-state index contributed by atoms with van der Waals surface area (Å²) in [5, 5.41) is 3.32. The Labute approximate surface area is 184 Å². The summed E-state index contributed by atoms with van der Waals surface area (Å²) in [6.45, 7) is 6.78. The number of methoxy groups -OCH3 is 1. The van der Waals surface area contributed by atoms with Crippen LogP contribution in [0.1, 0.15) is 36.8 Å². The van der Waals surface area contributed by atoms with Gasteiger partial charge in [-0.25, -0.2) is 4.98 Å². The molecule has 2 aliphatic heterocycles. The molecule has 1 aromatic heterocycles. The smallest absolute Gasteiger partial charge is 0.228 e. The van der Waals surface area contributed by atoms with E-state index in [1.54, 1.807) is 19.4 Å². The maximum Gasteiger partial charge on any atom is 0.228 e. The van der Waals surface area contributed by atoms with E-state index in [0.717, 1.165) is 58.4 Å². The van der Waals surface area contributed by atoms with E-state index in [0.29, 0.717) is 17.9 Å². The van der Waals surface area contributed by atoms with Crippen LogP contribution in [0.3, 0.4) is 0 Å². The first-order chi connectivity index (χ1) is 15.1. The third kappa shape index (κ3) is 5.73. The second-order valence-corrected chi connectivity index (χ2v) is 8.71. The van der Waals surface area contributed by atoms with Crippen LogP contribution in [0.15, 0.2) is 36.5 Å². The topological polar surface area (TPSA) is 70.6 Å². The van der Waals surface area contributed by atoms with Crippen molar-refractivity contribution >= 4 is 11.9 Å². The predicted octanol–water partition coefficient (Wildman–Crippen LogP) is 2.79. The molecule has 0 saturated carbocycles.